The Bertz CT molecular complexity index is 1160. The fourth-order valence-electron chi connectivity index (χ4n) is 3.72. The molecular formula is C22H21FN2O3S. The highest BCUT2D eigenvalue weighted by Gasteiger charge is 2.21. The predicted octanol–water partition coefficient (Wildman–Crippen LogP) is 2.78. The van der Waals surface area contributed by atoms with Crippen LogP contribution in [0.15, 0.2) is 70.5 Å². The van der Waals surface area contributed by atoms with Crippen LogP contribution in [0.3, 0.4) is 0 Å². The number of halogens is 1. The summed E-state index contributed by atoms with van der Waals surface area (Å²) in [5.41, 5.74) is 1.07. The van der Waals surface area contributed by atoms with Gasteiger partial charge >= 0.3 is 0 Å². The Labute approximate surface area is 169 Å². The molecule has 29 heavy (non-hydrogen) atoms. The molecule has 1 aliphatic heterocycles. The Balaban J connectivity index is 1.67. The van der Waals surface area contributed by atoms with Crippen molar-refractivity contribution in [2.45, 2.75) is 22.4 Å². The Morgan fingerprint density at radius 2 is 1.86 bits per heavy atom. The summed E-state index contributed by atoms with van der Waals surface area (Å²) in [5, 5.41) is 4.93. The van der Waals surface area contributed by atoms with Gasteiger partial charge in [-0.2, -0.15) is 0 Å². The standard InChI is InChI=1S/C22H21FN2O3S/c23-18-5-2-6-20(12-18)29(27,28)21-7-8-22-16(11-21)3-1-4-17(22)13-25-10-9-24-19(14-25)15-26/h1-8,11-12,15,19,24H,9-10,13-14H2. The maximum atomic E-state index is 13.5. The molecule has 3 aromatic rings. The van der Waals surface area contributed by atoms with Gasteiger partial charge in [-0.25, -0.2) is 12.8 Å². The molecular weight excluding hydrogens is 391 g/mol. The molecule has 0 saturated carbocycles. The van der Waals surface area contributed by atoms with Crippen molar-refractivity contribution in [2.24, 2.45) is 0 Å². The highest BCUT2D eigenvalue weighted by atomic mass is 32.2. The lowest BCUT2D eigenvalue weighted by molar-refractivity contribution is -0.110. The molecule has 7 heteroatoms. The van der Waals surface area contributed by atoms with Gasteiger partial charge in [-0.1, -0.05) is 30.3 Å². The molecule has 0 bridgehead atoms. The highest BCUT2D eigenvalue weighted by Crippen LogP contribution is 2.27. The molecule has 1 N–H and O–H groups in total. The maximum Gasteiger partial charge on any atom is 0.206 e. The number of carbonyl (C=O) groups is 1. The number of rotatable bonds is 5. The average Bonchev–Trinajstić information content (AvgIpc) is 2.74. The molecule has 0 amide bonds. The molecule has 150 valence electrons. The molecule has 0 radical (unpaired) electrons. The molecule has 1 aliphatic rings. The van der Waals surface area contributed by atoms with E-state index in [2.05, 4.69) is 10.2 Å². The van der Waals surface area contributed by atoms with Crippen molar-refractivity contribution >= 4 is 26.9 Å². The van der Waals surface area contributed by atoms with Crippen LogP contribution < -0.4 is 5.32 Å². The van der Waals surface area contributed by atoms with Crippen molar-refractivity contribution in [3.05, 3.63) is 72.0 Å². The number of carbonyl (C=O) groups excluding carboxylic acids is 1. The van der Waals surface area contributed by atoms with Crippen LogP contribution in [-0.4, -0.2) is 45.3 Å². The molecule has 1 fully saturated rings. The number of nitrogens with zero attached hydrogens (tertiary/aromatic N) is 1. The summed E-state index contributed by atoms with van der Waals surface area (Å²) in [5.74, 6) is -0.584. The van der Waals surface area contributed by atoms with Gasteiger partial charge in [0.15, 0.2) is 0 Å². The summed E-state index contributed by atoms with van der Waals surface area (Å²) >= 11 is 0. The smallest absolute Gasteiger partial charge is 0.206 e. The third-order valence-corrected chi connectivity index (χ3v) is 6.96. The Morgan fingerprint density at radius 1 is 1.07 bits per heavy atom. The topological polar surface area (TPSA) is 66.5 Å². The molecule has 1 unspecified atom stereocenters. The van der Waals surface area contributed by atoms with Gasteiger partial charge in [0.05, 0.1) is 15.8 Å². The minimum atomic E-state index is -3.80. The van der Waals surface area contributed by atoms with Gasteiger partial charge in [0.25, 0.3) is 0 Å². The second-order valence-electron chi connectivity index (χ2n) is 7.19. The van der Waals surface area contributed by atoms with E-state index in [0.29, 0.717) is 13.1 Å². The second kappa shape index (κ2) is 8.02. The molecule has 4 rings (SSSR count). The van der Waals surface area contributed by atoms with Crippen LogP contribution in [0.1, 0.15) is 5.56 Å². The fraction of sp³-hybridized carbons (Fsp3) is 0.227. The van der Waals surface area contributed by atoms with E-state index < -0.39 is 15.7 Å². The Hall–Kier alpha value is -2.61. The van der Waals surface area contributed by atoms with Crippen LogP contribution >= 0.6 is 0 Å². The first-order valence-corrected chi connectivity index (χ1v) is 10.9. The van der Waals surface area contributed by atoms with E-state index in [1.807, 2.05) is 18.2 Å². The van der Waals surface area contributed by atoms with Crippen molar-refractivity contribution in [1.29, 1.82) is 0 Å². The van der Waals surface area contributed by atoms with Crippen LogP contribution in [0, 0.1) is 5.82 Å². The first kappa shape index (κ1) is 19.7. The first-order chi connectivity index (χ1) is 14.0. The van der Waals surface area contributed by atoms with Gasteiger partial charge in [-0.15, -0.1) is 0 Å². The van der Waals surface area contributed by atoms with E-state index in [-0.39, 0.29) is 15.8 Å². The van der Waals surface area contributed by atoms with Crippen LogP contribution in [-0.2, 0) is 21.2 Å². The molecule has 1 heterocycles. The maximum absolute atomic E-state index is 13.5. The first-order valence-electron chi connectivity index (χ1n) is 9.41. The molecule has 0 spiro atoms. The van der Waals surface area contributed by atoms with Crippen molar-refractivity contribution in [3.63, 3.8) is 0 Å². The summed E-state index contributed by atoms with van der Waals surface area (Å²) in [6.07, 6.45) is 0.929. The zero-order chi connectivity index (χ0) is 20.4. The molecule has 0 aliphatic carbocycles. The summed E-state index contributed by atoms with van der Waals surface area (Å²) in [4.78, 5) is 13.4. The minimum absolute atomic E-state index is 0.0614. The molecule has 0 aromatic heterocycles. The van der Waals surface area contributed by atoms with Gasteiger partial charge in [0, 0.05) is 26.2 Å². The summed E-state index contributed by atoms with van der Waals surface area (Å²) in [6.45, 7) is 2.92. The zero-order valence-electron chi connectivity index (χ0n) is 15.7. The quantitative estimate of drug-likeness (QED) is 0.653. The van der Waals surface area contributed by atoms with Gasteiger partial charge < -0.3 is 10.1 Å². The molecule has 5 nitrogen and oxygen atoms in total. The summed E-state index contributed by atoms with van der Waals surface area (Å²) in [7, 11) is -3.80. The number of benzene rings is 3. The monoisotopic (exact) mass is 412 g/mol. The number of fused-ring (bicyclic) bond motifs is 1. The van der Waals surface area contributed by atoms with Crippen molar-refractivity contribution in [1.82, 2.24) is 10.2 Å². The van der Waals surface area contributed by atoms with Crippen LogP contribution in [0.5, 0.6) is 0 Å². The van der Waals surface area contributed by atoms with Crippen molar-refractivity contribution in [2.75, 3.05) is 19.6 Å². The van der Waals surface area contributed by atoms with Crippen molar-refractivity contribution < 1.29 is 17.6 Å². The largest absolute Gasteiger partial charge is 0.305 e. The number of piperazine rings is 1. The van der Waals surface area contributed by atoms with E-state index >= 15 is 0 Å². The lowest BCUT2D eigenvalue weighted by atomic mass is 10.0. The van der Waals surface area contributed by atoms with Gasteiger partial charge in [0.1, 0.15) is 12.1 Å². The highest BCUT2D eigenvalue weighted by molar-refractivity contribution is 7.91. The molecule has 3 aromatic carbocycles. The fourth-order valence-corrected chi connectivity index (χ4v) is 5.05. The number of nitrogens with one attached hydrogen (secondary N) is 1. The second-order valence-corrected chi connectivity index (χ2v) is 9.14. The average molecular weight is 412 g/mol. The van der Waals surface area contributed by atoms with Crippen LogP contribution in [0.4, 0.5) is 4.39 Å². The third kappa shape index (κ3) is 4.07. The van der Waals surface area contributed by atoms with Crippen molar-refractivity contribution in [3.8, 4) is 0 Å². The van der Waals surface area contributed by atoms with E-state index in [1.165, 1.54) is 18.2 Å². The minimum Gasteiger partial charge on any atom is -0.305 e. The van der Waals surface area contributed by atoms with Crippen LogP contribution in [0.2, 0.25) is 0 Å². The SMILES string of the molecule is O=CC1CN(Cc2cccc3cc(S(=O)(=O)c4cccc(F)c4)ccc23)CCN1. The Kier molecular flexibility index (Phi) is 5.45. The Morgan fingerprint density at radius 3 is 2.66 bits per heavy atom. The third-order valence-electron chi connectivity index (χ3n) is 5.21. The van der Waals surface area contributed by atoms with E-state index in [4.69, 9.17) is 0 Å². The lowest BCUT2D eigenvalue weighted by Crippen LogP contribution is -2.50. The van der Waals surface area contributed by atoms with E-state index in [1.54, 1.807) is 18.2 Å². The zero-order valence-corrected chi connectivity index (χ0v) is 16.5. The number of hydrogen-bond acceptors (Lipinski definition) is 5. The van der Waals surface area contributed by atoms with Gasteiger partial charge in [0.2, 0.25) is 9.84 Å². The molecule has 1 saturated heterocycles. The van der Waals surface area contributed by atoms with Gasteiger partial charge in [-0.05, 0) is 46.7 Å². The number of hydrogen-bond donors (Lipinski definition) is 1. The van der Waals surface area contributed by atoms with E-state index in [0.717, 1.165) is 41.8 Å². The number of sulfone groups is 1. The predicted molar refractivity (Wildman–Crippen MR) is 109 cm³/mol. The number of aldehydes is 1. The van der Waals surface area contributed by atoms with E-state index in [9.17, 15) is 17.6 Å². The molecule has 1 atom stereocenters. The normalized spacial score (nSPS) is 18.0. The van der Waals surface area contributed by atoms with Crippen LogP contribution in [0.25, 0.3) is 10.8 Å². The summed E-state index contributed by atoms with van der Waals surface area (Å²) < 4.78 is 39.3. The summed E-state index contributed by atoms with van der Waals surface area (Å²) in [6, 6.07) is 15.7. The lowest BCUT2D eigenvalue weighted by Gasteiger charge is -2.31. The van der Waals surface area contributed by atoms with Gasteiger partial charge in [-0.3, -0.25) is 4.90 Å².